The molecule has 0 aliphatic heterocycles. The Labute approximate surface area is 86.0 Å². The Morgan fingerprint density at radius 1 is 1.54 bits per heavy atom. The number of hydrogen-bond donors (Lipinski definition) is 0. The first kappa shape index (κ1) is 10.3. The van der Waals surface area contributed by atoms with Gasteiger partial charge in [0.05, 0.1) is 0 Å². The Bertz CT molecular complexity index is 321. The molecule has 1 aromatic carbocycles. The molecule has 0 aromatic heterocycles. The van der Waals surface area contributed by atoms with Crippen LogP contribution >= 0.6 is 15.9 Å². The number of esters is 1. The highest BCUT2D eigenvalue weighted by Gasteiger charge is 2.02. The lowest BCUT2D eigenvalue weighted by molar-refractivity contribution is -0.134. The van der Waals surface area contributed by atoms with E-state index in [2.05, 4.69) is 15.9 Å². The Kier molecular flexibility index (Phi) is 3.48. The summed E-state index contributed by atoms with van der Waals surface area (Å²) < 4.78 is 5.98. The van der Waals surface area contributed by atoms with Gasteiger partial charge >= 0.3 is 5.97 Å². The van der Waals surface area contributed by atoms with Gasteiger partial charge in [-0.3, -0.25) is 4.79 Å². The number of carbonyl (C=O) groups is 1. The van der Waals surface area contributed by atoms with Crippen molar-refractivity contribution in [3.05, 3.63) is 28.2 Å². The smallest absolute Gasteiger partial charge is 0.310 e. The first-order valence-corrected chi connectivity index (χ1v) is 4.89. The van der Waals surface area contributed by atoms with Crippen molar-refractivity contribution in [1.82, 2.24) is 0 Å². The summed E-state index contributed by atoms with van der Waals surface area (Å²) in [6.07, 6.45) is 0.394. The van der Waals surface area contributed by atoms with Crippen molar-refractivity contribution in [1.29, 1.82) is 0 Å². The van der Waals surface area contributed by atoms with Crippen LogP contribution in [0.1, 0.15) is 18.9 Å². The van der Waals surface area contributed by atoms with Gasteiger partial charge in [-0.05, 0) is 24.6 Å². The Balaban J connectivity index is 2.79. The molecule has 0 aliphatic carbocycles. The van der Waals surface area contributed by atoms with E-state index in [0.717, 1.165) is 10.0 Å². The van der Waals surface area contributed by atoms with Crippen LogP contribution in [0.3, 0.4) is 0 Å². The minimum Gasteiger partial charge on any atom is -0.426 e. The Morgan fingerprint density at radius 2 is 2.23 bits per heavy atom. The van der Waals surface area contributed by atoms with Gasteiger partial charge in [-0.25, -0.2) is 0 Å². The van der Waals surface area contributed by atoms with Crippen LogP contribution < -0.4 is 4.74 Å². The summed E-state index contributed by atoms with van der Waals surface area (Å²) in [7, 11) is 0. The molecule has 0 amide bonds. The van der Waals surface area contributed by atoms with Gasteiger partial charge in [0.15, 0.2) is 0 Å². The van der Waals surface area contributed by atoms with E-state index in [4.69, 9.17) is 4.74 Å². The van der Waals surface area contributed by atoms with E-state index >= 15 is 0 Å². The van der Waals surface area contributed by atoms with Crippen molar-refractivity contribution < 1.29 is 9.53 Å². The van der Waals surface area contributed by atoms with Gasteiger partial charge in [0, 0.05) is 10.9 Å². The fraction of sp³-hybridized carbons (Fsp3) is 0.300. The van der Waals surface area contributed by atoms with E-state index in [0.29, 0.717) is 12.2 Å². The predicted octanol–water partition coefficient (Wildman–Crippen LogP) is 3.07. The molecule has 2 nitrogen and oxygen atoms in total. The van der Waals surface area contributed by atoms with Gasteiger partial charge in [0.25, 0.3) is 0 Å². The Morgan fingerprint density at radius 3 is 2.77 bits per heavy atom. The third-order valence-corrected chi connectivity index (χ3v) is 2.52. The number of aryl methyl sites for hydroxylation is 1. The third-order valence-electron chi connectivity index (χ3n) is 1.66. The van der Waals surface area contributed by atoms with Gasteiger partial charge in [-0.15, -0.1) is 0 Å². The fourth-order valence-electron chi connectivity index (χ4n) is 0.841. The number of hydrogen-bond acceptors (Lipinski definition) is 2. The van der Waals surface area contributed by atoms with Gasteiger partial charge in [0.1, 0.15) is 5.75 Å². The van der Waals surface area contributed by atoms with E-state index in [1.165, 1.54) is 0 Å². The summed E-state index contributed by atoms with van der Waals surface area (Å²) in [6.45, 7) is 3.75. The normalized spacial score (nSPS) is 9.77. The third kappa shape index (κ3) is 2.84. The van der Waals surface area contributed by atoms with E-state index in [9.17, 15) is 4.79 Å². The second kappa shape index (κ2) is 4.42. The maximum absolute atomic E-state index is 10.9. The van der Waals surface area contributed by atoms with Crippen LogP contribution in [-0.4, -0.2) is 5.97 Å². The average molecular weight is 243 g/mol. The number of halogens is 1. The van der Waals surface area contributed by atoms with Crippen LogP contribution in [-0.2, 0) is 4.79 Å². The first-order valence-electron chi connectivity index (χ1n) is 4.10. The molecule has 0 aliphatic rings. The number of benzene rings is 1. The molecular weight excluding hydrogens is 232 g/mol. The Hall–Kier alpha value is -0.830. The van der Waals surface area contributed by atoms with Gasteiger partial charge in [-0.2, -0.15) is 0 Å². The molecule has 1 rings (SSSR count). The second-order valence-electron chi connectivity index (χ2n) is 2.74. The standard InChI is InChI=1S/C10H11BrO2/c1-3-10(12)13-8-5-4-7(2)9(11)6-8/h4-6H,3H2,1-2H3. The van der Waals surface area contributed by atoms with Crippen molar-refractivity contribution in [2.75, 3.05) is 0 Å². The minimum atomic E-state index is -0.212. The van der Waals surface area contributed by atoms with E-state index in [1.807, 2.05) is 13.0 Å². The molecule has 0 radical (unpaired) electrons. The zero-order chi connectivity index (χ0) is 9.84. The van der Waals surface area contributed by atoms with E-state index in [1.54, 1.807) is 19.1 Å². The molecule has 0 saturated carbocycles. The van der Waals surface area contributed by atoms with Gasteiger partial charge in [0.2, 0.25) is 0 Å². The molecule has 0 heterocycles. The average Bonchev–Trinajstić information content (AvgIpc) is 2.11. The molecule has 0 fully saturated rings. The van der Waals surface area contributed by atoms with E-state index in [-0.39, 0.29) is 5.97 Å². The van der Waals surface area contributed by atoms with Crippen LogP contribution in [0, 0.1) is 6.92 Å². The van der Waals surface area contributed by atoms with Crippen molar-refractivity contribution in [2.24, 2.45) is 0 Å². The zero-order valence-corrected chi connectivity index (χ0v) is 9.22. The summed E-state index contributed by atoms with van der Waals surface area (Å²) in [6, 6.07) is 5.49. The minimum absolute atomic E-state index is 0.212. The maximum Gasteiger partial charge on any atom is 0.310 e. The van der Waals surface area contributed by atoms with Crippen LogP contribution in [0.5, 0.6) is 5.75 Å². The largest absolute Gasteiger partial charge is 0.426 e. The summed E-state index contributed by atoms with van der Waals surface area (Å²) in [5.41, 5.74) is 1.12. The van der Waals surface area contributed by atoms with Crippen LogP contribution in [0.2, 0.25) is 0 Å². The molecule has 0 bridgehead atoms. The zero-order valence-electron chi connectivity index (χ0n) is 7.63. The second-order valence-corrected chi connectivity index (χ2v) is 3.59. The molecule has 0 atom stereocenters. The molecule has 13 heavy (non-hydrogen) atoms. The number of rotatable bonds is 2. The van der Waals surface area contributed by atoms with Crippen molar-refractivity contribution in [3.8, 4) is 5.75 Å². The van der Waals surface area contributed by atoms with Crippen LogP contribution in [0.4, 0.5) is 0 Å². The summed E-state index contributed by atoms with van der Waals surface area (Å²) in [4.78, 5) is 10.9. The summed E-state index contributed by atoms with van der Waals surface area (Å²) >= 11 is 3.37. The summed E-state index contributed by atoms with van der Waals surface area (Å²) in [5.74, 6) is 0.375. The maximum atomic E-state index is 10.9. The van der Waals surface area contributed by atoms with Crippen LogP contribution in [0.15, 0.2) is 22.7 Å². The van der Waals surface area contributed by atoms with Crippen molar-refractivity contribution >= 4 is 21.9 Å². The molecule has 0 N–H and O–H groups in total. The molecule has 0 saturated heterocycles. The van der Waals surface area contributed by atoms with Crippen LogP contribution in [0.25, 0.3) is 0 Å². The van der Waals surface area contributed by atoms with Crippen molar-refractivity contribution in [2.45, 2.75) is 20.3 Å². The molecular formula is C10H11BrO2. The summed E-state index contributed by atoms with van der Waals surface area (Å²) in [5, 5.41) is 0. The van der Waals surface area contributed by atoms with E-state index < -0.39 is 0 Å². The quantitative estimate of drug-likeness (QED) is 0.589. The van der Waals surface area contributed by atoms with Crippen molar-refractivity contribution in [3.63, 3.8) is 0 Å². The molecule has 1 aromatic rings. The number of ether oxygens (including phenoxy) is 1. The van der Waals surface area contributed by atoms with Gasteiger partial charge < -0.3 is 4.74 Å². The monoisotopic (exact) mass is 242 g/mol. The molecule has 3 heteroatoms. The number of carbonyl (C=O) groups excluding carboxylic acids is 1. The lowest BCUT2D eigenvalue weighted by Crippen LogP contribution is -2.05. The fourth-order valence-corrected chi connectivity index (χ4v) is 1.20. The molecule has 0 spiro atoms. The highest BCUT2D eigenvalue weighted by atomic mass is 79.9. The topological polar surface area (TPSA) is 26.3 Å². The molecule has 70 valence electrons. The predicted molar refractivity (Wildman–Crippen MR) is 54.8 cm³/mol. The van der Waals surface area contributed by atoms with Gasteiger partial charge in [-0.1, -0.05) is 28.9 Å². The lowest BCUT2D eigenvalue weighted by Gasteiger charge is -2.04. The SMILES string of the molecule is CCC(=O)Oc1ccc(C)c(Br)c1. The highest BCUT2D eigenvalue weighted by molar-refractivity contribution is 9.10. The lowest BCUT2D eigenvalue weighted by atomic mass is 10.2. The first-order chi connectivity index (χ1) is 6.13. The highest BCUT2D eigenvalue weighted by Crippen LogP contribution is 2.22. The molecule has 0 unspecified atom stereocenters.